The van der Waals surface area contributed by atoms with E-state index in [1.165, 1.54) is 6.07 Å². The van der Waals surface area contributed by atoms with Gasteiger partial charge >= 0.3 is 0 Å². The molecule has 16 heavy (non-hydrogen) atoms. The van der Waals surface area contributed by atoms with Gasteiger partial charge in [0.2, 0.25) is 0 Å². The molecule has 4 heteroatoms. The largest absolute Gasteiger partial charge is 0.274 e. The second kappa shape index (κ2) is 5.30. The molecule has 0 bridgehead atoms. The molecular formula is C12H16ClNO2. The highest BCUT2D eigenvalue weighted by Gasteiger charge is 2.22. The maximum atomic E-state index is 10.9. The number of halogens is 1. The molecule has 1 atom stereocenters. The van der Waals surface area contributed by atoms with Crippen LogP contribution in [0.4, 0.5) is 5.69 Å². The third-order valence-corrected chi connectivity index (χ3v) is 2.87. The molecule has 0 radical (unpaired) electrons. The van der Waals surface area contributed by atoms with Crippen molar-refractivity contribution in [2.75, 3.05) is 0 Å². The van der Waals surface area contributed by atoms with Crippen molar-refractivity contribution >= 4 is 17.3 Å². The number of hydrogen-bond donors (Lipinski definition) is 0. The van der Waals surface area contributed by atoms with E-state index in [2.05, 4.69) is 13.8 Å². The Morgan fingerprint density at radius 3 is 2.50 bits per heavy atom. The zero-order valence-corrected chi connectivity index (χ0v) is 10.5. The number of nitro benzene ring substituents is 1. The fourth-order valence-corrected chi connectivity index (χ4v) is 2.35. The molecule has 0 aliphatic heterocycles. The molecule has 0 aliphatic carbocycles. The highest BCUT2D eigenvalue weighted by molar-refractivity contribution is 6.31. The normalized spacial score (nSPS) is 12.8. The Balaban J connectivity index is 3.14. The van der Waals surface area contributed by atoms with Crippen LogP contribution in [0.1, 0.15) is 38.7 Å². The fourth-order valence-electron chi connectivity index (χ4n) is 2.00. The molecule has 88 valence electrons. The summed E-state index contributed by atoms with van der Waals surface area (Å²) in [4.78, 5) is 10.5. The lowest BCUT2D eigenvalue weighted by atomic mass is 9.91. The Morgan fingerprint density at radius 2 is 2.00 bits per heavy atom. The number of hydrogen-bond acceptors (Lipinski definition) is 2. The standard InChI is InChI=1S/C12H16ClNO2/c1-8(2)7-9(3)12-10(13)5-4-6-11(12)14(15)16/h4-6,8-9H,7H2,1-3H3. The Morgan fingerprint density at radius 1 is 1.38 bits per heavy atom. The van der Waals surface area contributed by atoms with Crippen LogP contribution in [0.15, 0.2) is 18.2 Å². The molecule has 0 aliphatic rings. The minimum absolute atomic E-state index is 0.106. The van der Waals surface area contributed by atoms with Crippen molar-refractivity contribution in [3.8, 4) is 0 Å². The predicted octanol–water partition coefficient (Wildman–Crippen LogP) is 4.40. The third kappa shape index (κ3) is 2.95. The van der Waals surface area contributed by atoms with Crippen LogP contribution in [0, 0.1) is 16.0 Å². The fraction of sp³-hybridized carbons (Fsp3) is 0.500. The Hall–Kier alpha value is -1.09. The minimum atomic E-state index is -0.363. The minimum Gasteiger partial charge on any atom is -0.258 e. The molecule has 1 unspecified atom stereocenters. The van der Waals surface area contributed by atoms with E-state index in [9.17, 15) is 10.1 Å². The summed E-state index contributed by atoms with van der Waals surface area (Å²) in [6, 6.07) is 4.84. The molecule has 0 heterocycles. The summed E-state index contributed by atoms with van der Waals surface area (Å²) in [5.41, 5.74) is 0.781. The Bertz CT molecular complexity index is 391. The summed E-state index contributed by atoms with van der Waals surface area (Å²) in [5, 5.41) is 11.4. The number of benzene rings is 1. The quantitative estimate of drug-likeness (QED) is 0.579. The van der Waals surface area contributed by atoms with Crippen molar-refractivity contribution in [3.05, 3.63) is 38.9 Å². The lowest BCUT2D eigenvalue weighted by molar-refractivity contribution is -0.385. The summed E-state index contributed by atoms with van der Waals surface area (Å²) in [6.45, 7) is 6.17. The molecule has 0 saturated heterocycles. The van der Waals surface area contributed by atoms with Crippen LogP contribution in [0.2, 0.25) is 5.02 Å². The van der Waals surface area contributed by atoms with E-state index in [4.69, 9.17) is 11.6 Å². The first kappa shape index (κ1) is 13.0. The average molecular weight is 242 g/mol. The molecule has 0 amide bonds. The third-order valence-electron chi connectivity index (χ3n) is 2.54. The van der Waals surface area contributed by atoms with Gasteiger partial charge in [-0.1, -0.05) is 38.4 Å². The average Bonchev–Trinajstić information content (AvgIpc) is 2.15. The molecule has 1 aromatic carbocycles. The van der Waals surface area contributed by atoms with E-state index in [0.29, 0.717) is 16.5 Å². The van der Waals surface area contributed by atoms with Crippen LogP contribution in [0.3, 0.4) is 0 Å². The Kier molecular flexibility index (Phi) is 4.30. The van der Waals surface area contributed by atoms with E-state index >= 15 is 0 Å². The lowest BCUT2D eigenvalue weighted by Gasteiger charge is -2.15. The van der Waals surface area contributed by atoms with Gasteiger partial charge in [0.05, 0.1) is 15.5 Å². The summed E-state index contributed by atoms with van der Waals surface area (Å²) < 4.78 is 0. The molecule has 0 fully saturated rings. The first-order chi connectivity index (χ1) is 7.43. The Labute approximate surface area is 101 Å². The van der Waals surface area contributed by atoms with Crippen molar-refractivity contribution in [1.29, 1.82) is 0 Å². The topological polar surface area (TPSA) is 43.1 Å². The van der Waals surface area contributed by atoms with Crippen molar-refractivity contribution in [1.82, 2.24) is 0 Å². The van der Waals surface area contributed by atoms with Gasteiger partial charge in [-0.3, -0.25) is 10.1 Å². The highest BCUT2D eigenvalue weighted by Crippen LogP contribution is 2.35. The van der Waals surface area contributed by atoms with Gasteiger partial charge in [-0.05, 0) is 24.3 Å². The van der Waals surface area contributed by atoms with Crippen LogP contribution in [-0.2, 0) is 0 Å². The number of rotatable bonds is 4. The molecular weight excluding hydrogens is 226 g/mol. The lowest BCUT2D eigenvalue weighted by Crippen LogP contribution is -2.03. The maximum absolute atomic E-state index is 10.9. The van der Waals surface area contributed by atoms with E-state index in [1.54, 1.807) is 12.1 Å². The van der Waals surface area contributed by atoms with Gasteiger partial charge in [0.15, 0.2) is 0 Å². The highest BCUT2D eigenvalue weighted by atomic mass is 35.5. The van der Waals surface area contributed by atoms with Crippen molar-refractivity contribution in [2.24, 2.45) is 5.92 Å². The first-order valence-corrected chi connectivity index (χ1v) is 5.74. The van der Waals surface area contributed by atoms with Crippen molar-refractivity contribution < 1.29 is 4.92 Å². The monoisotopic (exact) mass is 241 g/mol. The molecule has 1 aromatic rings. The van der Waals surface area contributed by atoms with Gasteiger partial charge in [0.25, 0.3) is 5.69 Å². The predicted molar refractivity (Wildman–Crippen MR) is 66.0 cm³/mol. The van der Waals surface area contributed by atoms with Crippen molar-refractivity contribution in [2.45, 2.75) is 33.1 Å². The van der Waals surface area contributed by atoms with Gasteiger partial charge < -0.3 is 0 Å². The van der Waals surface area contributed by atoms with Crippen LogP contribution >= 0.6 is 11.6 Å². The number of nitro groups is 1. The maximum Gasteiger partial charge on any atom is 0.274 e. The summed E-state index contributed by atoms with van der Waals surface area (Å²) >= 11 is 6.05. The summed E-state index contributed by atoms with van der Waals surface area (Å²) in [7, 11) is 0. The van der Waals surface area contributed by atoms with Gasteiger partial charge in [-0.25, -0.2) is 0 Å². The molecule has 3 nitrogen and oxygen atoms in total. The summed E-state index contributed by atoms with van der Waals surface area (Å²) in [5.74, 6) is 0.597. The van der Waals surface area contributed by atoms with Gasteiger partial charge in [0, 0.05) is 6.07 Å². The van der Waals surface area contributed by atoms with Gasteiger partial charge in [-0.2, -0.15) is 0 Å². The van der Waals surface area contributed by atoms with Crippen LogP contribution < -0.4 is 0 Å². The molecule has 1 rings (SSSR count). The van der Waals surface area contributed by atoms with E-state index in [1.807, 2.05) is 6.92 Å². The second-order valence-electron chi connectivity index (χ2n) is 4.46. The number of nitrogens with zero attached hydrogens (tertiary/aromatic N) is 1. The van der Waals surface area contributed by atoms with Crippen LogP contribution in [-0.4, -0.2) is 4.92 Å². The molecule has 0 N–H and O–H groups in total. The first-order valence-electron chi connectivity index (χ1n) is 5.36. The van der Waals surface area contributed by atoms with Gasteiger partial charge in [-0.15, -0.1) is 0 Å². The smallest absolute Gasteiger partial charge is 0.258 e. The SMILES string of the molecule is CC(C)CC(C)c1c(Cl)cccc1[N+](=O)[O-]. The van der Waals surface area contributed by atoms with Crippen LogP contribution in [0.5, 0.6) is 0 Å². The van der Waals surface area contributed by atoms with Gasteiger partial charge in [0.1, 0.15) is 0 Å². The van der Waals surface area contributed by atoms with Crippen LogP contribution in [0.25, 0.3) is 0 Å². The van der Waals surface area contributed by atoms with E-state index in [-0.39, 0.29) is 16.5 Å². The van der Waals surface area contributed by atoms with E-state index in [0.717, 1.165) is 6.42 Å². The second-order valence-corrected chi connectivity index (χ2v) is 4.87. The zero-order chi connectivity index (χ0) is 12.3. The van der Waals surface area contributed by atoms with Crippen molar-refractivity contribution in [3.63, 3.8) is 0 Å². The molecule has 0 saturated carbocycles. The van der Waals surface area contributed by atoms with E-state index < -0.39 is 0 Å². The summed E-state index contributed by atoms with van der Waals surface area (Å²) in [6.07, 6.45) is 0.893. The molecule has 0 aromatic heterocycles. The zero-order valence-electron chi connectivity index (χ0n) is 9.74. The molecule has 0 spiro atoms.